The Labute approximate surface area is 130 Å². The summed E-state index contributed by atoms with van der Waals surface area (Å²) in [6.45, 7) is 1.83. The molecule has 0 aliphatic heterocycles. The first-order valence-corrected chi connectivity index (χ1v) is 6.94. The second-order valence-electron chi connectivity index (χ2n) is 5.00. The number of hydrogen-bond donors (Lipinski definition) is 0. The Morgan fingerprint density at radius 2 is 2.05 bits per heavy atom. The summed E-state index contributed by atoms with van der Waals surface area (Å²) >= 11 is 6.16. The summed E-state index contributed by atoms with van der Waals surface area (Å²) in [7, 11) is 3.06. The Bertz CT molecular complexity index is 943. The number of oxazole rings is 1. The van der Waals surface area contributed by atoms with Crippen LogP contribution in [-0.4, -0.2) is 11.7 Å². The zero-order chi connectivity index (χ0) is 16.0. The van der Waals surface area contributed by atoms with Gasteiger partial charge in [-0.3, -0.25) is 4.57 Å². The van der Waals surface area contributed by atoms with Crippen molar-refractivity contribution in [2.24, 2.45) is 7.05 Å². The number of fused-ring (bicyclic) bond motifs is 1. The first kappa shape index (κ1) is 14.7. The number of ether oxygens (including phenoxy) is 1. The molecule has 6 heteroatoms. The molecule has 0 amide bonds. The summed E-state index contributed by atoms with van der Waals surface area (Å²) in [5.74, 6) is -0.612. The number of benzene rings is 2. The average Bonchev–Trinajstić information content (AvgIpc) is 2.77. The molecule has 3 aromatic rings. The first-order valence-electron chi connectivity index (χ1n) is 6.56. The molecule has 0 spiro atoms. The zero-order valence-corrected chi connectivity index (χ0v) is 13.0. The van der Waals surface area contributed by atoms with Gasteiger partial charge in [0.1, 0.15) is 11.6 Å². The van der Waals surface area contributed by atoms with Crippen LogP contribution in [0.25, 0.3) is 22.2 Å². The van der Waals surface area contributed by atoms with Crippen molar-refractivity contribution in [3.8, 4) is 16.9 Å². The predicted octanol–water partition coefficient (Wildman–Crippen LogP) is 3.91. The fourth-order valence-electron chi connectivity index (χ4n) is 2.44. The van der Waals surface area contributed by atoms with Crippen molar-refractivity contribution in [2.75, 3.05) is 7.11 Å². The minimum atomic E-state index is -0.556. The minimum Gasteiger partial charge on any atom is -0.496 e. The number of aryl methyl sites for hydroxylation is 2. The molecule has 0 saturated heterocycles. The van der Waals surface area contributed by atoms with Crippen LogP contribution in [0.1, 0.15) is 5.56 Å². The third kappa shape index (κ3) is 2.09. The molecule has 0 aliphatic carbocycles. The standard InChI is InChI=1S/C16H13ClFNO3/c1-8-6-13(21-3)9(7-10(8)17)14-11(18)4-5-12-15(14)22-16(20)19(12)2/h4-7H,1-3H3. The van der Waals surface area contributed by atoms with Crippen LogP contribution < -0.4 is 10.5 Å². The van der Waals surface area contributed by atoms with Gasteiger partial charge in [0, 0.05) is 17.6 Å². The van der Waals surface area contributed by atoms with E-state index in [0.29, 0.717) is 21.9 Å². The van der Waals surface area contributed by atoms with Crippen molar-refractivity contribution in [1.82, 2.24) is 4.57 Å². The third-order valence-electron chi connectivity index (χ3n) is 3.66. The summed E-state index contributed by atoms with van der Waals surface area (Å²) in [4.78, 5) is 11.7. The fraction of sp³-hybridized carbons (Fsp3) is 0.188. The molecule has 0 bridgehead atoms. The molecule has 0 N–H and O–H groups in total. The van der Waals surface area contributed by atoms with Crippen LogP contribution >= 0.6 is 11.6 Å². The lowest BCUT2D eigenvalue weighted by atomic mass is 10.0. The van der Waals surface area contributed by atoms with Crippen LogP contribution in [0.15, 0.2) is 33.5 Å². The van der Waals surface area contributed by atoms with Gasteiger partial charge in [0.05, 0.1) is 18.2 Å². The van der Waals surface area contributed by atoms with Gasteiger partial charge >= 0.3 is 5.76 Å². The van der Waals surface area contributed by atoms with Crippen LogP contribution in [0, 0.1) is 12.7 Å². The minimum absolute atomic E-state index is 0.161. The number of nitrogens with zero attached hydrogens (tertiary/aromatic N) is 1. The van der Waals surface area contributed by atoms with Crippen molar-refractivity contribution < 1.29 is 13.5 Å². The van der Waals surface area contributed by atoms with E-state index in [9.17, 15) is 9.18 Å². The monoisotopic (exact) mass is 321 g/mol. The van der Waals surface area contributed by atoms with Gasteiger partial charge in [-0.05, 0) is 36.8 Å². The summed E-state index contributed by atoms with van der Waals surface area (Å²) in [6, 6.07) is 6.12. The second kappa shape index (κ2) is 5.18. The van der Waals surface area contributed by atoms with E-state index in [2.05, 4.69) is 0 Å². The van der Waals surface area contributed by atoms with E-state index in [1.165, 1.54) is 23.8 Å². The van der Waals surface area contributed by atoms with Gasteiger partial charge in [-0.15, -0.1) is 0 Å². The molecule has 2 aromatic carbocycles. The van der Waals surface area contributed by atoms with E-state index in [1.54, 1.807) is 19.2 Å². The highest BCUT2D eigenvalue weighted by Crippen LogP contribution is 2.39. The molecule has 1 aromatic heterocycles. The number of rotatable bonds is 2. The quantitative estimate of drug-likeness (QED) is 0.719. The summed E-state index contributed by atoms with van der Waals surface area (Å²) in [6.07, 6.45) is 0. The van der Waals surface area contributed by atoms with Gasteiger partial charge in [0.15, 0.2) is 5.58 Å². The van der Waals surface area contributed by atoms with Gasteiger partial charge < -0.3 is 9.15 Å². The van der Waals surface area contributed by atoms with Crippen LogP contribution in [-0.2, 0) is 7.05 Å². The van der Waals surface area contributed by atoms with Gasteiger partial charge in [-0.2, -0.15) is 0 Å². The summed E-state index contributed by atoms with van der Waals surface area (Å²) < 4.78 is 26.3. The van der Waals surface area contributed by atoms with Gasteiger partial charge in [0.2, 0.25) is 0 Å². The zero-order valence-electron chi connectivity index (χ0n) is 12.2. The lowest BCUT2D eigenvalue weighted by Crippen LogP contribution is -2.08. The van der Waals surface area contributed by atoms with E-state index in [4.69, 9.17) is 20.8 Å². The first-order chi connectivity index (χ1) is 10.4. The van der Waals surface area contributed by atoms with E-state index in [1.807, 2.05) is 6.92 Å². The number of aromatic nitrogens is 1. The fourth-order valence-corrected chi connectivity index (χ4v) is 2.60. The summed E-state index contributed by atoms with van der Waals surface area (Å²) in [5.41, 5.74) is 2.08. The lowest BCUT2D eigenvalue weighted by molar-refractivity contribution is 0.415. The Hall–Kier alpha value is -2.27. The van der Waals surface area contributed by atoms with Crippen molar-refractivity contribution in [1.29, 1.82) is 0 Å². The molecule has 0 radical (unpaired) electrons. The average molecular weight is 322 g/mol. The van der Waals surface area contributed by atoms with Crippen LogP contribution in [0.5, 0.6) is 5.75 Å². The molecule has 22 heavy (non-hydrogen) atoms. The molecule has 4 nitrogen and oxygen atoms in total. The molecule has 0 fully saturated rings. The molecule has 0 aliphatic rings. The molecule has 0 unspecified atom stereocenters. The van der Waals surface area contributed by atoms with Gasteiger partial charge in [-0.25, -0.2) is 9.18 Å². The molecule has 0 saturated carbocycles. The highest BCUT2D eigenvalue weighted by atomic mass is 35.5. The smallest absolute Gasteiger partial charge is 0.419 e. The maximum Gasteiger partial charge on any atom is 0.419 e. The molecule has 3 rings (SSSR count). The van der Waals surface area contributed by atoms with Crippen LogP contribution in [0.3, 0.4) is 0 Å². The Morgan fingerprint density at radius 3 is 2.73 bits per heavy atom. The van der Waals surface area contributed by atoms with Gasteiger partial charge in [-0.1, -0.05) is 11.6 Å². The highest BCUT2D eigenvalue weighted by molar-refractivity contribution is 6.31. The van der Waals surface area contributed by atoms with Crippen molar-refractivity contribution in [3.63, 3.8) is 0 Å². The largest absolute Gasteiger partial charge is 0.496 e. The van der Waals surface area contributed by atoms with E-state index >= 15 is 0 Å². The third-order valence-corrected chi connectivity index (χ3v) is 4.07. The van der Waals surface area contributed by atoms with Crippen LogP contribution in [0.4, 0.5) is 4.39 Å². The number of hydrogen-bond acceptors (Lipinski definition) is 3. The maximum absolute atomic E-state index is 14.4. The van der Waals surface area contributed by atoms with Crippen molar-refractivity contribution >= 4 is 22.7 Å². The lowest BCUT2D eigenvalue weighted by Gasteiger charge is -2.12. The van der Waals surface area contributed by atoms with E-state index in [0.717, 1.165) is 5.56 Å². The highest BCUT2D eigenvalue weighted by Gasteiger charge is 2.20. The second-order valence-corrected chi connectivity index (χ2v) is 5.41. The Balaban J connectivity index is 2.45. The number of halogens is 2. The molecule has 114 valence electrons. The summed E-state index contributed by atoms with van der Waals surface area (Å²) in [5, 5.41) is 0.477. The predicted molar refractivity (Wildman–Crippen MR) is 83.1 cm³/mol. The van der Waals surface area contributed by atoms with Crippen LogP contribution in [0.2, 0.25) is 5.02 Å². The van der Waals surface area contributed by atoms with Crippen molar-refractivity contribution in [2.45, 2.75) is 6.92 Å². The van der Waals surface area contributed by atoms with Crippen molar-refractivity contribution in [3.05, 3.63) is 51.2 Å². The molecule has 0 atom stereocenters. The number of methoxy groups -OCH3 is 1. The molecular weight excluding hydrogens is 309 g/mol. The Kier molecular flexibility index (Phi) is 3.45. The van der Waals surface area contributed by atoms with E-state index in [-0.39, 0.29) is 11.1 Å². The van der Waals surface area contributed by atoms with Gasteiger partial charge in [0.25, 0.3) is 0 Å². The topological polar surface area (TPSA) is 44.4 Å². The Morgan fingerprint density at radius 1 is 1.32 bits per heavy atom. The normalized spacial score (nSPS) is 11.1. The van der Waals surface area contributed by atoms with E-state index < -0.39 is 11.6 Å². The molecule has 1 heterocycles. The SMILES string of the molecule is COc1cc(C)c(Cl)cc1-c1c(F)ccc2c1oc(=O)n2C. The maximum atomic E-state index is 14.4. The molecular formula is C16H13ClFNO3.